The van der Waals surface area contributed by atoms with Crippen LogP contribution in [0.2, 0.25) is 0 Å². The summed E-state index contributed by atoms with van der Waals surface area (Å²) in [6, 6.07) is 2.57. The highest BCUT2D eigenvalue weighted by atomic mass is 16.1. The van der Waals surface area contributed by atoms with Crippen LogP contribution < -0.4 is 10.6 Å². The van der Waals surface area contributed by atoms with Crippen molar-refractivity contribution in [2.24, 2.45) is 0 Å². The molecule has 0 spiro atoms. The number of hydrogen-bond acceptors (Lipinski definition) is 4. The van der Waals surface area contributed by atoms with Crippen molar-refractivity contribution in [2.75, 3.05) is 5.32 Å². The normalized spacial score (nSPS) is 20.8. The van der Waals surface area contributed by atoms with Gasteiger partial charge >= 0.3 is 0 Å². The van der Waals surface area contributed by atoms with Crippen LogP contribution in [0.4, 0.5) is 5.82 Å². The highest BCUT2D eigenvalue weighted by Gasteiger charge is 2.18. The summed E-state index contributed by atoms with van der Waals surface area (Å²) in [6.07, 6.45) is 16.3. The van der Waals surface area contributed by atoms with E-state index in [1.807, 2.05) is 0 Å². The van der Waals surface area contributed by atoms with Crippen molar-refractivity contribution in [1.29, 1.82) is 0 Å². The fraction of sp³-hybridized carbons (Fsp3) is 0.737. The summed E-state index contributed by atoms with van der Waals surface area (Å²) in [5, 5.41) is 6.66. The van der Waals surface area contributed by atoms with Crippen molar-refractivity contribution < 1.29 is 4.79 Å². The molecule has 1 amide bonds. The summed E-state index contributed by atoms with van der Waals surface area (Å²) >= 11 is 0. The Hall–Kier alpha value is -1.65. The zero-order valence-corrected chi connectivity index (χ0v) is 14.6. The topological polar surface area (TPSA) is 66.9 Å². The minimum absolute atomic E-state index is 0.0618. The zero-order chi connectivity index (χ0) is 16.6. The monoisotopic (exact) mass is 330 g/mol. The Morgan fingerprint density at radius 1 is 0.833 bits per heavy atom. The van der Waals surface area contributed by atoms with Gasteiger partial charge in [0.2, 0.25) is 0 Å². The van der Waals surface area contributed by atoms with E-state index >= 15 is 0 Å². The van der Waals surface area contributed by atoms with Crippen LogP contribution in [0.25, 0.3) is 0 Å². The third-order valence-electron chi connectivity index (χ3n) is 5.30. The van der Waals surface area contributed by atoms with Gasteiger partial charge in [0, 0.05) is 18.2 Å². The van der Waals surface area contributed by atoms with Gasteiger partial charge in [-0.1, -0.05) is 51.4 Å². The predicted molar refractivity (Wildman–Crippen MR) is 96.1 cm³/mol. The summed E-state index contributed by atoms with van der Waals surface area (Å²) < 4.78 is 0. The van der Waals surface area contributed by atoms with Gasteiger partial charge in [-0.3, -0.25) is 4.79 Å². The molecule has 5 nitrogen and oxygen atoms in total. The van der Waals surface area contributed by atoms with E-state index < -0.39 is 0 Å². The van der Waals surface area contributed by atoms with Gasteiger partial charge in [0.15, 0.2) is 0 Å². The number of nitrogens with one attached hydrogen (secondary N) is 2. The molecule has 5 heteroatoms. The molecule has 0 bridgehead atoms. The molecule has 2 aliphatic carbocycles. The molecule has 2 N–H and O–H groups in total. The molecule has 1 aromatic rings. The van der Waals surface area contributed by atoms with Gasteiger partial charge in [-0.2, -0.15) is 0 Å². The third-order valence-corrected chi connectivity index (χ3v) is 5.30. The van der Waals surface area contributed by atoms with Crippen LogP contribution in [0.3, 0.4) is 0 Å². The van der Waals surface area contributed by atoms with E-state index in [1.165, 1.54) is 70.5 Å². The maximum absolute atomic E-state index is 12.5. The molecule has 1 heterocycles. The Balaban J connectivity index is 1.58. The van der Waals surface area contributed by atoms with E-state index in [9.17, 15) is 4.79 Å². The van der Waals surface area contributed by atoms with Gasteiger partial charge in [0.1, 0.15) is 17.8 Å². The Kier molecular flexibility index (Phi) is 6.44. The molecule has 0 unspecified atom stereocenters. The number of carbonyl (C=O) groups is 1. The summed E-state index contributed by atoms with van der Waals surface area (Å²) in [7, 11) is 0. The number of anilines is 1. The zero-order valence-electron chi connectivity index (χ0n) is 14.6. The minimum Gasteiger partial charge on any atom is -0.367 e. The number of aromatic nitrogens is 2. The van der Waals surface area contributed by atoms with Crippen molar-refractivity contribution in [3.05, 3.63) is 18.1 Å². The highest BCUT2D eigenvalue weighted by Crippen LogP contribution is 2.21. The molecule has 0 aliphatic heterocycles. The molecule has 0 atom stereocenters. The molecule has 2 saturated carbocycles. The Bertz CT molecular complexity index is 518. The van der Waals surface area contributed by atoms with Gasteiger partial charge in [0.25, 0.3) is 5.91 Å². The lowest BCUT2D eigenvalue weighted by Crippen LogP contribution is -2.35. The van der Waals surface area contributed by atoms with Crippen LogP contribution >= 0.6 is 0 Å². The van der Waals surface area contributed by atoms with Crippen LogP contribution in [-0.4, -0.2) is 28.0 Å². The second-order valence-electron chi connectivity index (χ2n) is 7.28. The van der Waals surface area contributed by atoms with Crippen molar-refractivity contribution in [3.63, 3.8) is 0 Å². The van der Waals surface area contributed by atoms with Crippen molar-refractivity contribution >= 4 is 11.7 Å². The first kappa shape index (κ1) is 17.2. The molecule has 2 fully saturated rings. The van der Waals surface area contributed by atoms with E-state index in [4.69, 9.17) is 0 Å². The quantitative estimate of drug-likeness (QED) is 0.817. The Morgan fingerprint density at radius 2 is 1.42 bits per heavy atom. The van der Waals surface area contributed by atoms with Crippen LogP contribution in [-0.2, 0) is 0 Å². The molecule has 0 radical (unpaired) electrons. The lowest BCUT2D eigenvalue weighted by molar-refractivity contribution is 0.0928. The number of nitrogens with zero attached hydrogens (tertiary/aromatic N) is 2. The van der Waals surface area contributed by atoms with Gasteiger partial charge in [-0.25, -0.2) is 9.97 Å². The number of amides is 1. The first-order valence-corrected chi connectivity index (χ1v) is 9.71. The van der Waals surface area contributed by atoms with Crippen molar-refractivity contribution in [1.82, 2.24) is 15.3 Å². The predicted octanol–water partition coefficient (Wildman–Crippen LogP) is 4.06. The number of hydrogen-bond donors (Lipinski definition) is 2. The fourth-order valence-corrected chi connectivity index (χ4v) is 3.88. The SMILES string of the molecule is O=C(NC1CCCCCC1)c1cc(NC2CCCCCC2)ncn1. The average Bonchev–Trinajstić information content (AvgIpc) is 3.00. The van der Waals surface area contributed by atoms with Crippen molar-refractivity contribution in [3.8, 4) is 0 Å². The minimum atomic E-state index is -0.0618. The number of rotatable bonds is 4. The Morgan fingerprint density at radius 3 is 2.04 bits per heavy atom. The number of carbonyl (C=O) groups excluding carboxylic acids is 1. The van der Waals surface area contributed by atoms with E-state index in [-0.39, 0.29) is 5.91 Å². The molecule has 3 rings (SSSR count). The van der Waals surface area contributed by atoms with E-state index in [2.05, 4.69) is 20.6 Å². The molecule has 1 aromatic heterocycles. The van der Waals surface area contributed by atoms with Crippen LogP contribution in [0.5, 0.6) is 0 Å². The van der Waals surface area contributed by atoms with E-state index in [1.54, 1.807) is 6.07 Å². The van der Waals surface area contributed by atoms with Gasteiger partial charge in [-0.15, -0.1) is 0 Å². The summed E-state index contributed by atoms with van der Waals surface area (Å²) in [5.41, 5.74) is 0.477. The van der Waals surface area contributed by atoms with E-state index in [0.29, 0.717) is 17.8 Å². The lowest BCUT2D eigenvalue weighted by atomic mass is 10.1. The van der Waals surface area contributed by atoms with Crippen molar-refractivity contribution in [2.45, 2.75) is 89.1 Å². The molecule has 132 valence electrons. The maximum atomic E-state index is 12.5. The van der Waals surface area contributed by atoms with Crippen LogP contribution in [0.15, 0.2) is 12.4 Å². The second kappa shape index (κ2) is 9.00. The van der Waals surface area contributed by atoms with Gasteiger partial charge in [0.05, 0.1) is 0 Å². The smallest absolute Gasteiger partial charge is 0.270 e. The first-order chi connectivity index (χ1) is 11.8. The first-order valence-electron chi connectivity index (χ1n) is 9.71. The third kappa shape index (κ3) is 5.18. The maximum Gasteiger partial charge on any atom is 0.270 e. The average molecular weight is 330 g/mol. The summed E-state index contributed by atoms with van der Waals surface area (Å²) in [4.78, 5) is 21.0. The molecule has 2 aliphatic rings. The highest BCUT2D eigenvalue weighted by molar-refractivity contribution is 5.93. The molecule has 0 saturated heterocycles. The van der Waals surface area contributed by atoms with Gasteiger partial charge in [-0.05, 0) is 25.7 Å². The van der Waals surface area contributed by atoms with Crippen LogP contribution in [0.1, 0.15) is 87.5 Å². The largest absolute Gasteiger partial charge is 0.367 e. The van der Waals surface area contributed by atoms with Gasteiger partial charge < -0.3 is 10.6 Å². The second-order valence-corrected chi connectivity index (χ2v) is 7.28. The van der Waals surface area contributed by atoms with Crippen LogP contribution in [0, 0.1) is 0 Å². The summed E-state index contributed by atoms with van der Waals surface area (Å²) in [5.74, 6) is 0.719. The fourth-order valence-electron chi connectivity index (χ4n) is 3.88. The Labute approximate surface area is 145 Å². The molecule has 0 aromatic carbocycles. The summed E-state index contributed by atoms with van der Waals surface area (Å²) in [6.45, 7) is 0. The lowest BCUT2D eigenvalue weighted by Gasteiger charge is -2.18. The van der Waals surface area contributed by atoms with E-state index in [0.717, 1.165) is 18.7 Å². The molecular formula is C19H30N4O. The molecular weight excluding hydrogens is 300 g/mol. The molecule has 24 heavy (non-hydrogen) atoms. The standard InChI is InChI=1S/C19H30N4O/c24-19(23-16-11-7-3-4-8-12-16)17-13-18(21-14-20-17)22-15-9-5-1-2-6-10-15/h13-16H,1-12H2,(H,23,24)(H,20,21,22).